The zero-order chi connectivity index (χ0) is 17.1. The molecule has 0 aliphatic rings. The SMILES string of the molecule is CCNC(=O)CCc1cc(C(C)(C)C)c(O)c(C(C)(C)C)c1. The van der Waals surface area contributed by atoms with Gasteiger partial charge in [0.15, 0.2) is 0 Å². The second-order valence-electron chi connectivity index (χ2n) is 7.99. The molecule has 3 nitrogen and oxygen atoms in total. The first-order valence-electron chi connectivity index (χ1n) is 8.10. The number of carbonyl (C=O) groups is 1. The number of aryl methyl sites for hydroxylation is 1. The topological polar surface area (TPSA) is 49.3 Å². The third-order valence-electron chi connectivity index (χ3n) is 3.80. The molecule has 0 atom stereocenters. The number of hydrogen-bond acceptors (Lipinski definition) is 2. The first kappa shape index (κ1) is 18.5. The Hall–Kier alpha value is -1.51. The quantitative estimate of drug-likeness (QED) is 0.881. The summed E-state index contributed by atoms with van der Waals surface area (Å²) in [6.45, 7) is 15.2. The van der Waals surface area contributed by atoms with Gasteiger partial charge in [-0.3, -0.25) is 4.79 Å². The fraction of sp³-hybridized carbons (Fsp3) is 0.632. The van der Waals surface area contributed by atoms with Crippen molar-refractivity contribution in [2.45, 2.75) is 72.1 Å². The van der Waals surface area contributed by atoms with E-state index in [1.807, 2.05) is 19.1 Å². The molecule has 1 rings (SSSR count). The number of hydrogen-bond donors (Lipinski definition) is 2. The van der Waals surface area contributed by atoms with E-state index in [-0.39, 0.29) is 16.7 Å². The van der Waals surface area contributed by atoms with Gasteiger partial charge in [0.1, 0.15) is 5.75 Å². The van der Waals surface area contributed by atoms with Crippen molar-refractivity contribution in [3.05, 3.63) is 28.8 Å². The van der Waals surface area contributed by atoms with Gasteiger partial charge in [0.2, 0.25) is 5.91 Å². The number of phenolic OH excluding ortho intramolecular Hbond substituents is 1. The highest BCUT2D eigenvalue weighted by molar-refractivity contribution is 5.76. The van der Waals surface area contributed by atoms with Crippen LogP contribution in [-0.2, 0) is 22.0 Å². The lowest BCUT2D eigenvalue weighted by atomic mass is 9.78. The smallest absolute Gasteiger partial charge is 0.220 e. The minimum Gasteiger partial charge on any atom is -0.507 e. The molecule has 1 aromatic carbocycles. The summed E-state index contributed by atoms with van der Waals surface area (Å²) in [5, 5.41) is 13.5. The van der Waals surface area contributed by atoms with Crippen LogP contribution in [0.1, 0.15) is 71.6 Å². The lowest BCUT2D eigenvalue weighted by Crippen LogP contribution is -2.23. The van der Waals surface area contributed by atoms with Crippen molar-refractivity contribution in [1.29, 1.82) is 0 Å². The van der Waals surface area contributed by atoms with E-state index in [0.29, 0.717) is 25.1 Å². The molecule has 0 unspecified atom stereocenters. The highest BCUT2D eigenvalue weighted by Gasteiger charge is 2.26. The second kappa shape index (κ2) is 6.72. The molecule has 1 amide bonds. The summed E-state index contributed by atoms with van der Waals surface area (Å²) in [6.07, 6.45) is 1.17. The Bertz CT molecular complexity index is 498. The van der Waals surface area contributed by atoms with E-state index in [1.54, 1.807) is 0 Å². The molecule has 0 saturated heterocycles. The van der Waals surface area contributed by atoms with Crippen LogP contribution < -0.4 is 5.32 Å². The predicted molar refractivity (Wildman–Crippen MR) is 92.5 cm³/mol. The Morgan fingerprint density at radius 3 is 1.86 bits per heavy atom. The normalized spacial score (nSPS) is 12.3. The van der Waals surface area contributed by atoms with Gasteiger partial charge < -0.3 is 10.4 Å². The van der Waals surface area contributed by atoms with Crippen molar-refractivity contribution < 1.29 is 9.90 Å². The van der Waals surface area contributed by atoms with E-state index in [9.17, 15) is 9.90 Å². The lowest BCUT2D eigenvalue weighted by Gasteiger charge is -2.28. The molecule has 1 aromatic rings. The van der Waals surface area contributed by atoms with Crippen LogP contribution in [0, 0.1) is 0 Å². The van der Waals surface area contributed by atoms with Crippen LogP contribution in [0.5, 0.6) is 5.75 Å². The van der Waals surface area contributed by atoms with Crippen molar-refractivity contribution in [2.24, 2.45) is 0 Å². The van der Waals surface area contributed by atoms with E-state index < -0.39 is 0 Å². The summed E-state index contributed by atoms with van der Waals surface area (Å²) in [5.41, 5.74) is 2.74. The summed E-state index contributed by atoms with van der Waals surface area (Å²) in [4.78, 5) is 11.7. The number of nitrogens with one attached hydrogen (secondary N) is 1. The van der Waals surface area contributed by atoms with Crippen molar-refractivity contribution in [3.8, 4) is 5.75 Å². The van der Waals surface area contributed by atoms with E-state index in [1.165, 1.54) is 0 Å². The predicted octanol–water partition coefficient (Wildman–Crippen LogP) is 4.06. The molecule has 3 heteroatoms. The minimum atomic E-state index is -0.133. The molecule has 0 aliphatic heterocycles. The van der Waals surface area contributed by atoms with Gasteiger partial charge in [0, 0.05) is 13.0 Å². The molecule has 0 heterocycles. The fourth-order valence-electron chi connectivity index (χ4n) is 2.53. The van der Waals surface area contributed by atoms with Crippen LogP contribution in [0.15, 0.2) is 12.1 Å². The van der Waals surface area contributed by atoms with Crippen LogP contribution in [0.4, 0.5) is 0 Å². The Morgan fingerprint density at radius 1 is 1.05 bits per heavy atom. The molecular formula is C19H31NO2. The summed E-state index contributed by atoms with van der Waals surface area (Å²) < 4.78 is 0. The molecule has 2 N–H and O–H groups in total. The van der Waals surface area contributed by atoms with Gasteiger partial charge in [-0.2, -0.15) is 0 Å². The van der Waals surface area contributed by atoms with Gasteiger partial charge in [0.25, 0.3) is 0 Å². The molecule has 22 heavy (non-hydrogen) atoms. The van der Waals surface area contributed by atoms with E-state index in [4.69, 9.17) is 0 Å². The van der Waals surface area contributed by atoms with E-state index in [0.717, 1.165) is 16.7 Å². The van der Waals surface area contributed by atoms with Gasteiger partial charge >= 0.3 is 0 Å². The Kier molecular flexibility index (Phi) is 5.66. The van der Waals surface area contributed by atoms with E-state index >= 15 is 0 Å². The van der Waals surface area contributed by atoms with Crippen molar-refractivity contribution in [2.75, 3.05) is 6.54 Å². The summed E-state index contributed by atoms with van der Waals surface area (Å²) in [5.74, 6) is 0.465. The minimum absolute atomic E-state index is 0.0743. The molecule has 0 fully saturated rings. The van der Waals surface area contributed by atoms with Crippen LogP contribution in [0.2, 0.25) is 0 Å². The van der Waals surface area contributed by atoms with Gasteiger partial charge in [0.05, 0.1) is 0 Å². The van der Waals surface area contributed by atoms with Crippen molar-refractivity contribution in [3.63, 3.8) is 0 Å². The van der Waals surface area contributed by atoms with E-state index in [2.05, 4.69) is 46.9 Å². The zero-order valence-electron chi connectivity index (χ0n) is 15.1. The average Bonchev–Trinajstić information content (AvgIpc) is 2.35. The molecule has 124 valence electrons. The Balaban J connectivity index is 3.21. The highest BCUT2D eigenvalue weighted by Crippen LogP contribution is 2.39. The maximum atomic E-state index is 11.7. The second-order valence-corrected chi connectivity index (χ2v) is 7.99. The van der Waals surface area contributed by atoms with Crippen LogP contribution in [0.25, 0.3) is 0 Å². The molecule has 0 aromatic heterocycles. The summed E-state index contributed by atoms with van der Waals surface area (Å²) >= 11 is 0. The summed E-state index contributed by atoms with van der Waals surface area (Å²) in [7, 11) is 0. The third kappa shape index (κ3) is 4.75. The highest BCUT2D eigenvalue weighted by atomic mass is 16.3. The van der Waals surface area contributed by atoms with Crippen molar-refractivity contribution >= 4 is 5.91 Å². The maximum Gasteiger partial charge on any atom is 0.220 e. The lowest BCUT2D eigenvalue weighted by molar-refractivity contribution is -0.120. The van der Waals surface area contributed by atoms with Gasteiger partial charge in [-0.05, 0) is 40.9 Å². The maximum absolute atomic E-state index is 11.7. The Morgan fingerprint density at radius 2 is 1.50 bits per heavy atom. The molecule has 0 spiro atoms. The number of rotatable bonds is 4. The Labute approximate surface area is 135 Å². The molecule has 0 radical (unpaired) electrons. The average molecular weight is 305 g/mol. The van der Waals surface area contributed by atoms with Gasteiger partial charge in [-0.1, -0.05) is 53.7 Å². The number of phenols is 1. The van der Waals surface area contributed by atoms with Crippen LogP contribution in [0.3, 0.4) is 0 Å². The first-order chi connectivity index (χ1) is 9.96. The van der Waals surface area contributed by atoms with Gasteiger partial charge in [-0.25, -0.2) is 0 Å². The fourth-order valence-corrected chi connectivity index (χ4v) is 2.53. The summed E-state index contributed by atoms with van der Waals surface area (Å²) in [6, 6.07) is 4.09. The molecular weight excluding hydrogens is 274 g/mol. The molecule has 0 saturated carbocycles. The van der Waals surface area contributed by atoms with Crippen LogP contribution >= 0.6 is 0 Å². The van der Waals surface area contributed by atoms with Crippen LogP contribution in [-0.4, -0.2) is 17.6 Å². The number of aromatic hydroxyl groups is 1. The number of carbonyl (C=O) groups excluding carboxylic acids is 1. The monoisotopic (exact) mass is 305 g/mol. The zero-order valence-corrected chi connectivity index (χ0v) is 15.1. The molecule has 0 aliphatic carbocycles. The largest absolute Gasteiger partial charge is 0.507 e. The first-order valence-corrected chi connectivity index (χ1v) is 8.10. The number of benzene rings is 1. The number of amides is 1. The van der Waals surface area contributed by atoms with Crippen molar-refractivity contribution in [1.82, 2.24) is 5.32 Å². The molecule has 0 bridgehead atoms. The third-order valence-corrected chi connectivity index (χ3v) is 3.80. The van der Waals surface area contributed by atoms with Gasteiger partial charge in [-0.15, -0.1) is 0 Å². The standard InChI is InChI=1S/C19H31NO2/c1-8-20-16(21)10-9-13-11-14(18(2,3)4)17(22)15(12-13)19(5,6)7/h11-12,22H,8-10H2,1-7H3,(H,20,21).